The van der Waals surface area contributed by atoms with Gasteiger partial charge in [-0.3, -0.25) is 6.08 Å². The van der Waals surface area contributed by atoms with Gasteiger partial charge in [0.05, 0.1) is 0 Å². The van der Waals surface area contributed by atoms with Gasteiger partial charge in [-0.05, 0) is 13.8 Å². The van der Waals surface area contributed by atoms with Crippen LogP contribution in [0.25, 0.3) is 21.5 Å². The fourth-order valence-electron chi connectivity index (χ4n) is 5.07. The summed E-state index contributed by atoms with van der Waals surface area (Å²) in [6.07, 6.45) is 8.40. The van der Waals surface area contributed by atoms with Crippen molar-refractivity contribution >= 4 is 40.9 Å². The zero-order valence-corrected chi connectivity index (χ0v) is 31.0. The van der Waals surface area contributed by atoms with Crippen LogP contribution in [0.4, 0.5) is 0 Å². The third-order valence-corrected chi connectivity index (χ3v) is 13.2. The summed E-state index contributed by atoms with van der Waals surface area (Å²) >= 11 is 1.46. The summed E-state index contributed by atoms with van der Waals surface area (Å²) in [6.45, 7) is 18.7. The first-order valence-electron chi connectivity index (χ1n) is 14.9. The van der Waals surface area contributed by atoms with Gasteiger partial charge in [0, 0.05) is 16.1 Å². The van der Waals surface area contributed by atoms with Crippen LogP contribution < -0.4 is 0 Å². The number of aryl methyl sites for hydroxylation is 2. The molecule has 1 atom stereocenters. The zero-order valence-electron chi connectivity index (χ0n) is 26.5. The molecule has 42 heavy (non-hydrogen) atoms. The van der Waals surface area contributed by atoms with Crippen LogP contribution in [0.2, 0.25) is 44.8 Å². The Bertz CT molecular complexity index is 1610. The number of fused-ring (bicyclic) bond motifs is 3. The molecule has 0 radical (unpaired) electrons. The Kier molecular flexibility index (Phi) is 10.6. The number of hydrogen-bond donors (Lipinski definition) is 0. The summed E-state index contributed by atoms with van der Waals surface area (Å²) in [5.74, 6) is 0. The van der Waals surface area contributed by atoms with E-state index in [4.69, 9.17) is 0 Å². The van der Waals surface area contributed by atoms with Gasteiger partial charge in [-0.1, -0.05) is 74.7 Å². The van der Waals surface area contributed by atoms with Gasteiger partial charge in [-0.15, -0.1) is 45.3 Å². The topological polar surface area (TPSA) is 0 Å². The van der Waals surface area contributed by atoms with E-state index in [1.165, 1.54) is 76.4 Å². The van der Waals surface area contributed by atoms with Gasteiger partial charge in [-0.2, -0.15) is 6.08 Å². The molecule has 3 heteroatoms. The number of allylic oxidation sites excluding steroid dienone is 4. The molecule has 0 saturated carbocycles. The van der Waals surface area contributed by atoms with Crippen molar-refractivity contribution < 1.29 is 24.2 Å². The summed E-state index contributed by atoms with van der Waals surface area (Å²) in [4.78, 5) is 0. The molecular weight excluding hydrogens is 616 g/mol. The fraction of sp³-hybridized carbons (Fsp3) is 0.231. The minimum atomic E-state index is -1.10. The molecule has 0 nitrogen and oxygen atoms in total. The third kappa shape index (κ3) is 8.50. The summed E-state index contributed by atoms with van der Waals surface area (Å²) in [6, 6.07) is 36.7. The summed E-state index contributed by atoms with van der Waals surface area (Å²) in [5.41, 5.74) is 5.98. The second kappa shape index (κ2) is 13.8. The SMILES string of the molecule is C[Si](C)(C)C1=[C-]C([Si](C)(C)C)C=C1.Cc1ccc2c(c1)[cH-]c1cc(C)ccc12.[Zr+2]=[C](c1ccccc1)c1ccccc1. The summed E-state index contributed by atoms with van der Waals surface area (Å²) in [5, 5.41) is 6.98. The summed E-state index contributed by atoms with van der Waals surface area (Å²) in [7, 11) is -2.15. The molecule has 0 saturated heterocycles. The van der Waals surface area contributed by atoms with Crippen molar-refractivity contribution in [3.05, 3.63) is 149 Å². The van der Waals surface area contributed by atoms with Crippen molar-refractivity contribution in [3.8, 4) is 0 Å². The van der Waals surface area contributed by atoms with Crippen LogP contribution in [0.3, 0.4) is 0 Å². The van der Waals surface area contributed by atoms with E-state index in [1.807, 2.05) is 0 Å². The predicted molar refractivity (Wildman–Crippen MR) is 189 cm³/mol. The molecule has 5 aromatic rings. The summed E-state index contributed by atoms with van der Waals surface area (Å²) < 4.78 is 1.42. The van der Waals surface area contributed by atoms with Crippen LogP contribution in [-0.4, -0.2) is 19.4 Å². The zero-order chi connectivity index (χ0) is 30.5. The quantitative estimate of drug-likeness (QED) is 0.133. The van der Waals surface area contributed by atoms with Crippen LogP contribution >= 0.6 is 0 Å². The molecule has 0 spiro atoms. The van der Waals surface area contributed by atoms with Crippen molar-refractivity contribution in [2.75, 3.05) is 0 Å². The van der Waals surface area contributed by atoms with Crippen molar-refractivity contribution in [2.24, 2.45) is 0 Å². The van der Waals surface area contributed by atoms with E-state index < -0.39 is 16.1 Å². The van der Waals surface area contributed by atoms with E-state index in [9.17, 15) is 0 Å². The van der Waals surface area contributed by atoms with Crippen LogP contribution in [0.15, 0.2) is 120 Å². The average Bonchev–Trinajstić information content (AvgIpc) is 3.60. The van der Waals surface area contributed by atoms with Gasteiger partial charge in [0.2, 0.25) is 0 Å². The molecule has 212 valence electrons. The van der Waals surface area contributed by atoms with Gasteiger partial charge in [0.15, 0.2) is 0 Å². The first-order chi connectivity index (χ1) is 19.8. The standard InChI is InChI=1S/C15H13.C13H10.C11H21Si2.Zr/c1-10-3-5-14-12(7-10)9-13-8-11(2)4-6-15(13)14;1-3-7-12(8-4-1)11-13-9-5-2-6-10-13;1-12(2,3)10-7-8-11(9-10)13(4,5)6;/h3-9H,1-2H3;1-10H;7-8,10H,1-6H3;/q-1;;-1;+2. The van der Waals surface area contributed by atoms with Gasteiger partial charge in [0.25, 0.3) is 0 Å². The molecule has 0 heterocycles. The molecule has 5 aromatic carbocycles. The molecule has 1 aliphatic carbocycles. The molecular formula is C39H44Si2Zr. The van der Waals surface area contributed by atoms with E-state index in [-0.39, 0.29) is 0 Å². The Labute approximate surface area is 270 Å². The fourth-order valence-corrected chi connectivity index (χ4v) is 8.48. The molecule has 0 aromatic heterocycles. The normalized spacial score (nSPS) is 14.6. The average molecular weight is 660 g/mol. The Morgan fingerprint density at radius 3 is 1.48 bits per heavy atom. The molecule has 0 bridgehead atoms. The second-order valence-corrected chi connectivity index (χ2v) is 25.1. The molecule has 6 rings (SSSR count). The third-order valence-electron chi connectivity index (χ3n) is 7.65. The second-order valence-electron chi connectivity index (χ2n) is 13.4. The van der Waals surface area contributed by atoms with Crippen molar-refractivity contribution in [3.63, 3.8) is 0 Å². The van der Waals surface area contributed by atoms with E-state index in [1.54, 1.807) is 0 Å². The van der Waals surface area contributed by atoms with Crippen molar-refractivity contribution in [2.45, 2.75) is 58.7 Å². The van der Waals surface area contributed by atoms with Gasteiger partial charge in [-0.25, -0.2) is 11.3 Å². The van der Waals surface area contributed by atoms with Gasteiger partial charge in [0.1, 0.15) is 0 Å². The van der Waals surface area contributed by atoms with Gasteiger partial charge >= 0.3 is 99.2 Å². The van der Waals surface area contributed by atoms with E-state index in [0.717, 1.165) is 0 Å². The van der Waals surface area contributed by atoms with E-state index in [2.05, 4.69) is 174 Å². The van der Waals surface area contributed by atoms with Crippen molar-refractivity contribution in [1.29, 1.82) is 0 Å². The minimum absolute atomic E-state index is 0.661. The predicted octanol–water partition coefficient (Wildman–Crippen LogP) is 11.0. The van der Waals surface area contributed by atoms with Crippen LogP contribution in [-0.2, 0) is 24.2 Å². The number of hydrogen-bond acceptors (Lipinski definition) is 0. The molecule has 1 aliphatic rings. The van der Waals surface area contributed by atoms with Crippen LogP contribution in [0, 0.1) is 19.9 Å². The number of benzene rings is 4. The first-order valence-corrected chi connectivity index (χ1v) is 23.2. The Balaban J connectivity index is 0.000000145. The van der Waals surface area contributed by atoms with Crippen molar-refractivity contribution in [1.82, 2.24) is 0 Å². The first kappa shape index (κ1) is 32.3. The van der Waals surface area contributed by atoms with Crippen LogP contribution in [0.5, 0.6) is 0 Å². The maximum atomic E-state index is 3.70. The Morgan fingerprint density at radius 2 is 1.12 bits per heavy atom. The van der Waals surface area contributed by atoms with E-state index >= 15 is 0 Å². The maximum absolute atomic E-state index is 3.70. The molecule has 0 N–H and O–H groups in total. The van der Waals surface area contributed by atoms with E-state index in [0.29, 0.717) is 5.54 Å². The Hall–Kier alpha value is -2.58. The number of rotatable bonds is 4. The van der Waals surface area contributed by atoms with Crippen LogP contribution in [0.1, 0.15) is 22.3 Å². The molecule has 0 aliphatic heterocycles. The van der Waals surface area contributed by atoms with Gasteiger partial charge < -0.3 is 0 Å². The molecule has 1 unspecified atom stereocenters. The Morgan fingerprint density at radius 1 is 0.667 bits per heavy atom. The molecule has 0 amide bonds. The monoisotopic (exact) mass is 658 g/mol. The molecule has 0 fully saturated rings.